The first-order valence-electron chi connectivity index (χ1n) is 7.34. The van der Waals surface area contributed by atoms with Crippen molar-refractivity contribution in [2.75, 3.05) is 29.1 Å². The van der Waals surface area contributed by atoms with Crippen LogP contribution in [0.25, 0.3) is 0 Å². The van der Waals surface area contributed by atoms with Gasteiger partial charge in [-0.2, -0.15) is 0 Å². The molecule has 0 fully saturated rings. The van der Waals surface area contributed by atoms with E-state index >= 15 is 0 Å². The molecule has 5 N–H and O–H groups in total. The minimum absolute atomic E-state index is 0.173. The highest BCUT2D eigenvalue weighted by Crippen LogP contribution is 2.30. The molecule has 1 aromatic carbocycles. The number of pyridine rings is 1. The van der Waals surface area contributed by atoms with E-state index in [0.29, 0.717) is 5.75 Å². The van der Waals surface area contributed by atoms with Crippen molar-refractivity contribution in [1.29, 1.82) is 0 Å². The maximum Gasteiger partial charge on any atom is 0.266 e. The standard InChI is InChI=1S/C16H15N5O4/c17-12-6-5-11-16(20-12)21(14(23)8-25-11)7-13(22)19-10-4-2-1-3-9(10)15(18)24/h1-6H,7-8H2,(H2,17,20)(H2,18,24)(H,19,22). The number of fused-ring (bicyclic) bond motifs is 1. The van der Waals surface area contributed by atoms with Crippen molar-refractivity contribution in [3.05, 3.63) is 42.0 Å². The van der Waals surface area contributed by atoms with Gasteiger partial charge >= 0.3 is 0 Å². The van der Waals surface area contributed by atoms with Gasteiger partial charge in [-0.25, -0.2) is 4.98 Å². The summed E-state index contributed by atoms with van der Waals surface area (Å²) in [5.41, 5.74) is 11.4. The summed E-state index contributed by atoms with van der Waals surface area (Å²) in [6.45, 7) is -0.511. The summed E-state index contributed by atoms with van der Waals surface area (Å²) in [7, 11) is 0. The first-order valence-corrected chi connectivity index (χ1v) is 7.34. The van der Waals surface area contributed by atoms with Gasteiger partial charge in [-0.1, -0.05) is 12.1 Å². The SMILES string of the molecule is NC(=O)c1ccccc1NC(=O)CN1C(=O)COc2ccc(N)nc21. The number of rotatable bonds is 4. The molecule has 9 nitrogen and oxygen atoms in total. The number of nitrogens with two attached hydrogens (primary N) is 2. The second kappa shape index (κ2) is 6.48. The third-order valence-corrected chi connectivity index (χ3v) is 3.54. The van der Waals surface area contributed by atoms with E-state index in [-0.39, 0.29) is 36.0 Å². The van der Waals surface area contributed by atoms with Gasteiger partial charge in [0, 0.05) is 0 Å². The topological polar surface area (TPSA) is 141 Å². The Morgan fingerprint density at radius 2 is 2.00 bits per heavy atom. The molecule has 1 aliphatic heterocycles. The van der Waals surface area contributed by atoms with Crippen LogP contribution < -0.4 is 26.4 Å². The van der Waals surface area contributed by atoms with Crippen molar-refractivity contribution in [3.63, 3.8) is 0 Å². The van der Waals surface area contributed by atoms with Gasteiger partial charge in [0.1, 0.15) is 12.4 Å². The Morgan fingerprint density at radius 3 is 2.76 bits per heavy atom. The van der Waals surface area contributed by atoms with E-state index in [1.807, 2.05) is 0 Å². The first kappa shape index (κ1) is 16.2. The predicted molar refractivity (Wildman–Crippen MR) is 90.1 cm³/mol. The predicted octanol–water partition coefficient (Wildman–Crippen LogP) is 0.127. The number of primary amides is 1. The highest BCUT2D eigenvalue weighted by Gasteiger charge is 2.29. The summed E-state index contributed by atoms with van der Waals surface area (Å²) in [5, 5.41) is 2.57. The Hall–Kier alpha value is -3.62. The highest BCUT2D eigenvalue weighted by molar-refractivity contribution is 6.07. The van der Waals surface area contributed by atoms with Gasteiger partial charge in [-0.3, -0.25) is 19.3 Å². The number of hydrogen-bond acceptors (Lipinski definition) is 6. The lowest BCUT2D eigenvalue weighted by Gasteiger charge is -2.27. The minimum atomic E-state index is -0.668. The van der Waals surface area contributed by atoms with Crippen LogP contribution in [0.4, 0.5) is 17.3 Å². The fourth-order valence-electron chi connectivity index (χ4n) is 2.40. The molecule has 0 unspecified atom stereocenters. The second-order valence-electron chi connectivity index (χ2n) is 5.28. The maximum absolute atomic E-state index is 12.3. The lowest BCUT2D eigenvalue weighted by molar-refractivity contribution is -0.123. The Labute approximate surface area is 142 Å². The molecule has 3 rings (SSSR count). The average molecular weight is 341 g/mol. The van der Waals surface area contributed by atoms with Gasteiger partial charge < -0.3 is 21.5 Å². The Balaban J connectivity index is 1.81. The third-order valence-electron chi connectivity index (χ3n) is 3.54. The molecule has 0 atom stereocenters. The molecule has 128 valence electrons. The Kier molecular flexibility index (Phi) is 4.21. The number of anilines is 3. The van der Waals surface area contributed by atoms with Crippen molar-refractivity contribution >= 4 is 35.0 Å². The number of nitrogen functional groups attached to an aromatic ring is 1. The number of ether oxygens (including phenoxy) is 1. The zero-order valence-electron chi connectivity index (χ0n) is 13.1. The lowest BCUT2D eigenvalue weighted by Crippen LogP contribution is -2.44. The van der Waals surface area contributed by atoms with E-state index < -0.39 is 17.7 Å². The van der Waals surface area contributed by atoms with Gasteiger partial charge in [0.15, 0.2) is 18.2 Å². The monoisotopic (exact) mass is 341 g/mol. The number of carbonyl (C=O) groups excluding carboxylic acids is 3. The largest absolute Gasteiger partial charge is 0.480 e. The van der Waals surface area contributed by atoms with Crippen LogP contribution in [0.1, 0.15) is 10.4 Å². The van der Waals surface area contributed by atoms with Crippen molar-refractivity contribution < 1.29 is 19.1 Å². The van der Waals surface area contributed by atoms with Crippen molar-refractivity contribution in [1.82, 2.24) is 4.98 Å². The van der Waals surface area contributed by atoms with Crippen molar-refractivity contribution in [2.45, 2.75) is 0 Å². The van der Waals surface area contributed by atoms with E-state index in [9.17, 15) is 14.4 Å². The van der Waals surface area contributed by atoms with Gasteiger partial charge in [0.25, 0.3) is 11.8 Å². The average Bonchev–Trinajstić information content (AvgIpc) is 2.58. The fourth-order valence-corrected chi connectivity index (χ4v) is 2.40. The Bertz CT molecular complexity index is 867. The zero-order chi connectivity index (χ0) is 18.0. The Morgan fingerprint density at radius 1 is 1.24 bits per heavy atom. The third kappa shape index (κ3) is 3.34. The van der Waals surface area contributed by atoms with Crippen LogP contribution in [0.15, 0.2) is 36.4 Å². The molecule has 0 saturated heterocycles. The van der Waals surface area contributed by atoms with E-state index in [1.165, 1.54) is 17.0 Å². The highest BCUT2D eigenvalue weighted by atomic mass is 16.5. The van der Waals surface area contributed by atoms with E-state index in [2.05, 4.69) is 10.3 Å². The van der Waals surface area contributed by atoms with Gasteiger partial charge in [0.2, 0.25) is 5.91 Å². The molecule has 1 aromatic heterocycles. The number of nitrogens with zero attached hydrogens (tertiary/aromatic N) is 2. The van der Waals surface area contributed by atoms with Crippen LogP contribution in [-0.2, 0) is 9.59 Å². The van der Waals surface area contributed by atoms with Crippen LogP contribution in [0.2, 0.25) is 0 Å². The number of aromatic nitrogens is 1. The number of amides is 3. The molecule has 0 spiro atoms. The number of nitrogens with one attached hydrogen (secondary N) is 1. The van der Waals surface area contributed by atoms with Crippen molar-refractivity contribution in [2.24, 2.45) is 5.73 Å². The van der Waals surface area contributed by atoms with E-state index in [4.69, 9.17) is 16.2 Å². The van der Waals surface area contributed by atoms with Crippen LogP contribution in [-0.4, -0.2) is 35.9 Å². The first-order chi connectivity index (χ1) is 12.0. The fraction of sp³-hybridized carbons (Fsp3) is 0.125. The molecule has 0 saturated carbocycles. The number of benzene rings is 1. The zero-order valence-corrected chi connectivity index (χ0v) is 13.1. The van der Waals surface area contributed by atoms with Crippen LogP contribution >= 0.6 is 0 Å². The molecule has 1 aliphatic rings. The molecule has 25 heavy (non-hydrogen) atoms. The molecule has 0 radical (unpaired) electrons. The molecule has 0 bridgehead atoms. The molecule has 9 heteroatoms. The van der Waals surface area contributed by atoms with Crippen LogP contribution in [0, 0.1) is 0 Å². The minimum Gasteiger partial charge on any atom is -0.480 e. The molecule has 2 aromatic rings. The second-order valence-corrected chi connectivity index (χ2v) is 5.28. The van der Waals surface area contributed by atoms with Gasteiger partial charge in [-0.05, 0) is 24.3 Å². The number of hydrogen-bond donors (Lipinski definition) is 3. The van der Waals surface area contributed by atoms with Gasteiger partial charge in [-0.15, -0.1) is 0 Å². The quantitative estimate of drug-likeness (QED) is 0.722. The number of para-hydroxylation sites is 1. The normalized spacial score (nSPS) is 13.0. The van der Waals surface area contributed by atoms with E-state index in [0.717, 1.165) is 0 Å². The smallest absolute Gasteiger partial charge is 0.266 e. The summed E-state index contributed by atoms with van der Waals surface area (Å²) in [4.78, 5) is 41.1. The summed E-state index contributed by atoms with van der Waals surface area (Å²) >= 11 is 0. The van der Waals surface area contributed by atoms with Crippen molar-refractivity contribution in [3.8, 4) is 5.75 Å². The number of carbonyl (C=O) groups is 3. The van der Waals surface area contributed by atoms with E-state index in [1.54, 1.807) is 24.3 Å². The molecule has 3 amide bonds. The van der Waals surface area contributed by atoms with Crippen LogP contribution in [0.5, 0.6) is 5.75 Å². The molecule has 2 heterocycles. The summed E-state index contributed by atoms with van der Waals surface area (Å²) < 4.78 is 5.27. The van der Waals surface area contributed by atoms with Gasteiger partial charge in [0.05, 0.1) is 11.3 Å². The van der Waals surface area contributed by atoms with Crippen LogP contribution in [0.3, 0.4) is 0 Å². The maximum atomic E-state index is 12.3. The lowest BCUT2D eigenvalue weighted by atomic mass is 10.1. The summed E-state index contributed by atoms with van der Waals surface area (Å²) in [6.07, 6.45) is 0. The summed E-state index contributed by atoms with van der Waals surface area (Å²) in [6, 6.07) is 9.44. The molecular weight excluding hydrogens is 326 g/mol. The summed E-state index contributed by atoms with van der Waals surface area (Å²) in [5.74, 6) is -0.878. The molecular formula is C16H15N5O4. The molecule has 0 aliphatic carbocycles.